The standard InChI is InChI=1S/C11H8F2N2O2S/c1-16-15-11-7(10(14)18)3-5-2-6(12)4-8(13)9(5)17-11/h2-4H,1H3,(H2,14,18)/b15-11+. The second-order valence-electron chi connectivity index (χ2n) is 3.41. The monoisotopic (exact) mass is 270 g/mol. The summed E-state index contributed by atoms with van der Waals surface area (Å²) in [6, 6.07) is 3.22. The lowest BCUT2D eigenvalue weighted by Crippen LogP contribution is -2.21. The van der Waals surface area contributed by atoms with E-state index >= 15 is 0 Å². The van der Waals surface area contributed by atoms with E-state index in [4.69, 9.17) is 22.4 Å². The van der Waals surface area contributed by atoms with Crippen molar-refractivity contribution in [3.63, 3.8) is 0 Å². The zero-order valence-electron chi connectivity index (χ0n) is 9.24. The van der Waals surface area contributed by atoms with Crippen molar-refractivity contribution in [3.05, 3.63) is 41.0 Å². The highest BCUT2D eigenvalue weighted by Crippen LogP contribution is 2.19. The summed E-state index contributed by atoms with van der Waals surface area (Å²) in [5.41, 5.74) is 5.51. The van der Waals surface area contributed by atoms with Gasteiger partial charge in [0.05, 0.1) is 5.56 Å². The smallest absolute Gasteiger partial charge is 0.266 e. The van der Waals surface area contributed by atoms with E-state index in [9.17, 15) is 8.78 Å². The summed E-state index contributed by atoms with van der Waals surface area (Å²) in [6.45, 7) is 0. The molecule has 18 heavy (non-hydrogen) atoms. The lowest BCUT2D eigenvalue weighted by Gasteiger charge is -2.03. The molecule has 7 heteroatoms. The van der Waals surface area contributed by atoms with E-state index < -0.39 is 11.6 Å². The van der Waals surface area contributed by atoms with Gasteiger partial charge in [-0.05, 0) is 17.3 Å². The van der Waals surface area contributed by atoms with Gasteiger partial charge >= 0.3 is 0 Å². The van der Waals surface area contributed by atoms with E-state index in [1.807, 2.05) is 0 Å². The van der Waals surface area contributed by atoms with E-state index in [-0.39, 0.29) is 27.1 Å². The Morgan fingerprint density at radius 3 is 2.72 bits per heavy atom. The van der Waals surface area contributed by atoms with Crippen molar-refractivity contribution in [2.45, 2.75) is 0 Å². The van der Waals surface area contributed by atoms with E-state index in [0.717, 1.165) is 6.07 Å². The predicted molar refractivity (Wildman–Crippen MR) is 64.6 cm³/mol. The fourth-order valence-corrected chi connectivity index (χ4v) is 1.64. The molecule has 1 aromatic carbocycles. The number of fused-ring (bicyclic) bond motifs is 1. The average molecular weight is 270 g/mol. The molecule has 0 aliphatic heterocycles. The van der Waals surface area contributed by atoms with Crippen molar-refractivity contribution >= 4 is 28.2 Å². The number of halogens is 2. The number of hydrogen-bond donors (Lipinski definition) is 1. The van der Waals surface area contributed by atoms with Gasteiger partial charge in [0.15, 0.2) is 11.4 Å². The third-order valence-corrected chi connectivity index (χ3v) is 2.43. The van der Waals surface area contributed by atoms with Crippen molar-refractivity contribution in [2.75, 3.05) is 7.11 Å². The zero-order chi connectivity index (χ0) is 13.3. The SMILES string of the molecule is CO/N=c1/oc2c(F)cc(F)cc2cc1C(N)=S. The van der Waals surface area contributed by atoms with Gasteiger partial charge in [0.1, 0.15) is 17.9 Å². The van der Waals surface area contributed by atoms with Crippen LogP contribution in [-0.2, 0) is 4.84 Å². The van der Waals surface area contributed by atoms with E-state index in [0.29, 0.717) is 6.07 Å². The predicted octanol–water partition coefficient (Wildman–Crippen LogP) is 1.81. The first kappa shape index (κ1) is 12.4. The summed E-state index contributed by atoms with van der Waals surface area (Å²) >= 11 is 4.81. The summed E-state index contributed by atoms with van der Waals surface area (Å²) in [6.07, 6.45) is 0. The van der Waals surface area contributed by atoms with Crippen molar-refractivity contribution in [3.8, 4) is 0 Å². The maximum Gasteiger partial charge on any atom is 0.266 e. The molecule has 0 radical (unpaired) electrons. The molecule has 1 heterocycles. The first-order valence-electron chi connectivity index (χ1n) is 4.83. The number of rotatable bonds is 2. The summed E-state index contributed by atoms with van der Waals surface area (Å²) < 4.78 is 31.8. The van der Waals surface area contributed by atoms with Gasteiger partial charge in [-0.15, -0.1) is 0 Å². The van der Waals surface area contributed by atoms with Crippen LogP contribution in [-0.4, -0.2) is 12.1 Å². The maximum atomic E-state index is 13.5. The Balaban J connectivity index is 2.89. The van der Waals surface area contributed by atoms with Gasteiger partial charge in [0, 0.05) is 11.5 Å². The van der Waals surface area contributed by atoms with Gasteiger partial charge in [-0.1, -0.05) is 12.2 Å². The Kier molecular flexibility index (Phi) is 3.24. The molecule has 94 valence electrons. The van der Waals surface area contributed by atoms with Crippen LogP contribution in [0.3, 0.4) is 0 Å². The third kappa shape index (κ3) is 2.17. The van der Waals surface area contributed by atoms with Crippen LogP contribution >= 0.6 is 12.2 Å². The fraction of sp³-hybridized carbons (Fsp3) is 0.0909. The summed E-state index contributed by atoms with van der Waals surface area (Å²) in [7, 11) is 1.30. The Bertz CT molecular complexity index is 697. The molecule has 2 aromatic rings. The van der Waals surface area contributed by atoms with E-state index in [2.05, 4.69) is 9.99 Å². The van der Waals surface area contributed by atoms with Gasteiger partial charge in [-0.3, -0.25) is 0 Å². The minimum absolute atomic E-state index is 0.0129. The maximum absolute atomic E-state index is 13.5. The number of hydrogen-bond acceptors (Lipinski definition) is 4. The fourth-order valence-electron chi connectivity index (χ4n) is 1.49. The van der Waals surface area contributed by atoms with Crippen LogP contribution in [0.25, 0.3) is 11.0 Å². The van der Waals surface area contributed by atoms with Crippen LogP contribution in [0.1, 0.15) is 5.56 Å². The molecular formula is C11H8F2N2O2S. The molecule has 0 aliphatic carbocycles. The van der Waals surface area contributed by atoms with Crippen LogP contribution in [0.5, 0.6) is 0 Å². The Morgan fingerprint density at radius 2 is 2.11 bits per heavy atom. The van der Waals surface area contributed by atoms with Gasteiger partial charge < -0.3 is 15.0 Å². The minimum Gasteiger partial charge on any atom is -0.432 e. The van der Waals surface area contributed by atoms with Gasteiger partial charge in [0.25, 0.3) is 5.55 Å². The Hall–Kier alpha value is -2.02. The second-order valence-corrected chi connectivity index (χ2v) is 3.85. The molecule has 0 bridgehead atoms. The van der Waals surface area contributed by atoms with Gasteiger partial charge in [-0.2, -0.15) is 0 Å². The van der Waals surface area contributed by atoms with Gasteiger partial charge in [-0.25, -0.2) is 8.78 Å². The molecule has 0 saturated heterocycles. The number of thiocarbonyl (C=S) groups is 1. The molecular weight excluding hydrogens is 262 g/mol. The summed E-state index contributed by atoms with van der Waals surface area (Å²) in [5.74, 6) is -1.56. The van der Waals surface area contributed by atoms with Crippen molar-refractivity contribution in [1.82, 2.24) is 0 Å². The molecule has 4 nitrogen and oxygen atoms in total. The number of benzene rings is 1. The highest BCUT2D eigenvalue weighted by molar-refractivity contribution is 7.80. The highest BCUT2D eigenvalue weighted by atomic mass is 32.1. The summed E-state index contributed by atoms with van der Waals surface area (Å²) in [4.78, 5) is 4.54. The molecule has 2 rings (SSSR count). The normalized spacial score (nSPS) is 11.8. The second kappa shape index (κ2) is 4.69. The molecule has 0 atom stereocenters. The average Bonchev–Trinajstić information content (AvgIpc) is 2.29. The van der Waals surface area contributed by atoms with Crippen molar-refractivity contribution < 1.29 is 18.0 Å². The minimum atomic E-state index is -0.841. The van der Waals surface area contributed by atoms with Crippen LogP contribution in [0, 0.1) is 11.6 Å². The Morgan fingerprint density at radius 1 is 1.39 bits per heavy atom. The van der Waals surface area contributed by atoms with Crippen molar-refractivity contribution in [2.24, 2.45) is 10.9 Å². The first-order valence-corrected chi connectivity index (χ1v) is 5.23. The Labute approximate surface area is 106 Å². The molecule has 0 amide bonds. The molecule has 0 unspecified atom stereocenters. The van der Waals surface area contributed by atoms with Gasteiger partial charge in [0.2, 0.25) is 0 Å². The third-order valence-electron chi connectivity index (χ3n) is 2.21. The number of nitrogens with two attached hydrogens (primary N) is 1. The lowest BCUT2D eigenvalue weighted by atomic mass is 10.1. The number of nitrogens with zero attached hydrogens (tertiary/aromatic N) is 1. The van der Waals surface area contributed by atoms with Crippen LogP contribution in [0.4, 0.5) is 8.78 Å². The largest absolute Gasteiger partial charge is 0.432 e. The van der Waals surface area contributed by atoms with E-state index in [1.165, 1.54) is 13.2 Å². The van der Waals surface area contributed by atoms with Crippen LogP contribution in [0.2, 0.25) is 0 Å². The molecule has 0 saturated carbocycles. The molecule has 0 spiro atoms. The molecule has 0 fully saturated rings. The van der Waals surface area contributed by atoms with Crippen LogP contribution in [0.15, 0.2) is 27.8 Å². The lowest BCUT2D eigenvalue weighted by molar-refractivity contribution is 0.186. The quantitative estimate of drug-likeness (QED) is 0.668. The van der Waals surface area contributed by atoms with Crippen LogP contribution < -0.4 is 11.3 Å². The molecule has 2 N–H and O–H groups in total. The zero-order valence-corrected chi connectivity index (χ0v) is 10.1. The van der Waals surface area contributed by atoms with E-state index in [1.54, 1.807) is 0 Å². The molecule has 1 aromatic heterocycles. The molecule has 0 aliphatic rings. The highest BCUT2D eigenvalue weighted by Gasteiger charge is 2.11. The van der Waals surface area contributed by atoms with Crippen molar-refractivity contribution in [1.29, 1.82) is 0 Å². The first-order chi connectivity index (χ1) is 8.52. The topological polar surface area (TPSA) is 60.8 Å². The summed E-state index contributed by atoms with van der Waals surface area (Å²) in [5, 5.41) is 3.75.